The monoisotopic (exact) mass is 385 g/mol. The van der Waals surface area contributed by atoms with Crippen LogP contribution in [0.5, 0.6) is 0 Å². The number of carbonyl (C=O) groups is 1. The second-order valence-corrected chi connectivity index (χ2v) is 7.92. The highest BCUT2D eigenvalue weighted by atomic mass is 16.2. The van der Waals surface area contributed by atoms with Crippen LogP contribution >= 0.6 is 0 Å². The van der Waals surface area contributed by atoms with E-state index in [0.29, 0.717) is 0 Å². The lowest BCUT2D eigenvalue weighted by Crippen LogP contribution is -2.43. The third-order valence-electron chi connectivity index (χ3n) is 5.88. The van der Waals surface area contributed by atoms with Gasteiger partial charge >= 0.3 is 0 Å². The lowest BCUT2D eigenvalue weighted by Gasteiger charge is -2.28. The van der Waals surface area contributed by atoms with Crippen molar-refractivity contribution in [3.8, 4) is 11.1 Å². The molecule has 1 aliphatic heterocycles. The summed E-state index contributed by atoms with van der Waals surface area (Å²) in [5, 5.41) is 2.92. The van der Waals surface area contributed by atoms with Gasteiger partial charge in [-0.05, 0) is 47.7 Å². The SMILES string of the molecule is CNC(=O)C1(Cc2ccc(-c3cccnc3)cc2)CCN(Cc2ccccc2)C1. The zero-order valence-electron chi connectivity index (χ0n) is 16.8. The van der Waals surface area contributed by atoms with E-state index in [4.69, 9.17) is 0 Å². The van der Waals surface area contributed by atoms with Crippen LogP contribution in [0.4, 0.5) is 0 Å². The Labute approximate surface area is 172 Å². The average Bonchev–Trinajstić information content (AvgIpc) is 3.18. The highest BCUT2D eigenvalue weighted by Crippen LogP contribution is 2.36. The zero-order chi connectivity index (χ0) is 20.1. The number of nitrogens with one attached hydrogen (secondary N) is 1. The fourth-order valence-corrected chi connectivity index (χ4v) is 4.35. The molecule has 1 fully saturated rings. The molecule has 1 atom stereocenters. The topological polar surface area (TPSA) is 45.2 Å². The summed E-state index contributed by atoms with van der Waals surface area (Å²) in [7, 11) is 1.75. The van der Waals surface area contributed by atoms with Crippen molar-refractivity contribution in [1.29, 1.82) is 0 Å². The maximum Gasteiger partial charge on any atom is 0.227 e. The van der Waals surface area contributed by atoms with Crippen molar-refractivity contribution in [2.45, 2.75) is 19.4 Å². The van der Waals surface area contributed by atoms with Gasteiger partial charge in [0.25, 0.3) is 0 Å². The van der Waals surface area contributed by atoms with Crippen molar-refractivity contribution >= 4 is 5.91 Å². The van der Waals surface area contributed by atoms with Crippen molar-refractivity contribution in [2.75, 3.05) is 20.1 Å². The molecule has 0 aliphatic carbocycles. The molecule has 1 saturated heterocycles. The number of rotatable bonds is 6. The molecule has 1 aromatic heterocycles. The predicted octanol–water partition coefficient (Wildman–Crippen LogP) is 3.93. The van der Waals surface area contributed by atoms with Gasteiger partial charge in [-0.2, -0.15) is 0 Å². The minimum absolute atomic E-state index is 0.143. The Morgan fingerprint density at radius 2 is 1.79 bits per heavy atom. The number of pyridine rings is 1. The molecule has 29 heavy (non-hydrogen) atoms. The molecule has 0 bridgehead atoms. The minimum atomic E-state index is -0.376. The fraction of sp³-hybridized carbons (Fsp3) is 0.280. The molecule has 0 saturated carbocycles. The molecule has 4 heteroatoms. The minimum Gasteiger partial charge on any atom is -0.359 e. The van der Waals surface area contributed by atoms with Gasteiger partial charge in [0, 0.05) is 32.5 Å². The second-order valence-electron chi connectivity index (χ2n) is 7.92. The number of hydrogen-bond acceptors (Lipinski definition) is 3. The van der Waals surface area contributed by atoms with Crippen molar-refractivity contribution in [3.05, 3.63) is 90.3 Å². The Hall–Kier alpha value is -2.98. The molecule has 4 rings (SSSR count). The Morgan fingerprint density at radius 3 is 2.48 bits per heavy atom. The summed E-state index contributed by atoms with van der Waals surface area (Å²) in [6.07, 6.45) is 5.29. The maximum absolute atomic E-state index is 12.9. The number of nitrogens with zero attached hydrogens (tertiary/aromatic N) is 2. The Morgan fingerprint density at radius 1 is 1.00 bits per heavy atom. The van der Waals surface area contributed by atoms with E-state index in [1.165, 1.54) is 11.1 Å². The van der Waals surface area contributed by atoms with Crippen LogP contribution in [0.15, 0.2) is 79.1 Å². The summed E-state index contributed by atoms with van der Waals surface area (Å²) in [5.74, 6) is 0.143. The van der Waals surface area contributed by atoms with Crippen molar-refractivity contribution in [3.63, 3.8) is 0 Å². The van der Waals surface area contributed by atoms with Gasteiger partial charge in [0.1, 0.15) is 0 Å². The largest absolute Gasteiger partial charge is 0.359 e. The molecule has 2 aromatic carbocycles. The number of likely N-dealkylation sites (tertiary alicyclic amines) is 1. The van der Waals surface area contributed by atoms with Gasteiger partial charge in [0.15, 0.2) is 0 Å². The van der Waals surface area contributed by atoms with E-state index in [0.717, 1.165) is 43.6 Å². The van der Waals surface area contributed by atoms with E-state index in [1.54, 1.807) is 13.2 Å². The first-order valence-corrected chi connectivity index (χ1v) is 10.2. The number of hydrogen-bond donors (Lipinski definition) is 1. The molecule has 0 radical (unpaired) electrons. The number of aromatic nitrogens is 1. The molecule has 1 aliphatic rings. The molecule has 1 N–H and O–H groups in total. The van der Waals surface area contributed by atoms with Crippen LogP contribution in [0.1, 0.15) is 17.5 Å². The first-order valence-electron chi connectivity index (χ1n) is 10.2. The predicted molar refractivity (Wildman–Crippen MR) is 116 cm³/mol. The van der Waals surface area contributed by atoms with Crippen LogP contribution in [-0.2, 0) is 17.8 Å². The standard InChI is InChI=1S/C25H27N3O/c1-26-24(29)25(13-15-28(19-25)18-21-6-3-2-4-7-21)16-20-9-11-22(12-10-20)23-8-5-14-27-17-23/h2-12,14,17H,13,15-16,18-19H2,1H3,(H,26,29). The smallest absolute Gasteiger partial charge is 0.227 e. The molecule has 4 nitrogen and oxygen atoms in total. The molecular weight excluding hydrogens is 358 g/mol. The quantitative estimate of drug-likeness (QED) is 0.699. The summed E-state index contributed by atoms with van der Waals surface area (Å²) < 4.78 is 0. The summed E-state index contributed by atoms with van der Waals surface area (Å²) in [4.78, 5) is 19.5. The van der Waals surface area contributed by atoms with E-state index in [2.05, 4.69) is 69.8 Å². The molecule has 3 aromatic rings. The first kappa shape index (κ1) is 19.3. The van der Waals surface area contributed by atoms with Crippen LogP contribution in [-0.4, -0.2) is 35.9 Å². The van der Waals surface area contributed by atoms with Gasteiger partial charge in [0.05, 0.1) is 5.41 Å². The lowest BCUT2D eigenvalue weighted by atomic mass is 9.79. The Kier molecular flexibility index (Phi) is 5.72. The number of carbonyl (C=O) groups excluding carboxylic acids is 1. The summed E-state index contributed by atoms with van der Waals surface area (Å²) in [6.45, 7) is 2.61. The zero-order valence-corrected chi connectivity index (χ0v) is 16.8. The van der Waals surface area contributed by atoms with E-state index >= 15 is 0 Å². The molecule has 2 heterocycles. The molecule has 0 spiro atoms. The van der Waals surface area contributed by atoms with Gasteiger partial charge in [0.2, 0.25) is 5.91 Å². The average molecular weight is 386 g/mol. The molecule has 1 unspecified atom stereocenters. The third-order valence-corrected chi connectivity index (χ3v) is 5.88. The summed E-state index contributed by atoms with van der Waals surface area (Å²) >= 11 is 0. The number of amides is 1. The van der Waals surface area contributed by atoms with Crippen LogP contribution in [0.2, 0.25) is 0 Å². The van der Waals surface area contributed by atoms with E-state index in [9.17, 15) is 4.79 Å². The highest BCUT2D eigenvalue weighted by molar-refractivity contribution is 5.83. The molecule has 148 valence electrons. The van der Waals surface area contributed by atoms with Gasteiger partial charge in [-0.15, -0.1) is 0 Å². The lowest BCUT2D eigenvalue weighted by molar-refractivity contribution is -0.130. The van der Waals surface area contributed by atoms with Gasteiger partial charge in [-0.25, -0.2) is 0 Å². The van der Waals surface area contributed by atoms with Crippen molar-refractivity contribution in [2.24, 2.45) is 5.41 Å². The highest BCUT2D eigenvalue weighted by Gasteiger charge is 2.43. The third kappa shape index (κ3) is 4.38. The van der Waals surface area contributed by atoms with E-state index in [1.807, 2.05) is 18.3 Å². The molecule has 1 amide bonds. The Balaban J connectivity index is 1.50. The number of benzene rings is 2. The van der Waals surface area contributed by atoms with E-state index in [-0.39, 0.29) is 11.3 Å². The van der Waals surface area contributed by atoms with Crippen LogP contribution in [0.3, 0.4) is 0 Å². The van der Waals surface area contributed by atoms with Gasteiger partial charge in [-0.3, -0.25) is 14.7 Å². The first-order chi connectivity index (χ1) is 14.2. The van der Waals surface area contributed by atoms with Crippen LogP contribution in [0.25, 0.3) is 11.1 Å². The van der Waals surface area contributed by atoms with Crippen LogP contribution in [0, 0.1) is 5.41 Å². The summed E-state index contributed by atoms with van der Waals surface area (Å²) in [5.41, 5.74) is 4.37. The van der Waals surface area contributed by atoms with Crippen molar-refractivity contribution in [1.82, 2.24) is 15.2 Å². The van der Waals surface area contributed by atoms with Crippen molar-refractivity contribution < 1.29 is 4.79 Å². The molecular formula is C25H27N3O. The van der Waals surface area contributed by atoms with Crippen LogP contribution < -0.4 is 5.32 Å². The second kappa shape index (κ2) is 8.58. The van der Waals surface area contributed by atoms with Gasteiger partial charge in [-0.1, -0.05) is 60.7 Å². The summed E-state index contributed by atoms with van der Waals surface area (Å²) in [6, 6.07) is 23.0. The normalized spacial score (nSPS) is 19.2. The Bertz CT molecular complexity index is 941. The van der Waals surface area contributed by atoms with Gasteiger partial charge < -0.3 is 5.32 Å². The fourth-order valence-electron chi connectivity index (χ4n) is 4.35. The maximum atomic E-state index is 12.9. The van der Waals surface area contributed by atoms with E-state index < -0.39 is 0 Å².